The lowest BCUT2D eigenvalue weighted by atomic mass is 9.90. The Morgan fingerprint density at radius 1 is 1.23 bits per heavy atom. The standard InChI is InChI=1S/C27H31FN4O3/c1-27(2,3)35-22-8-6-7-19(13-22)17-34-12-5-4-9-23(25-16-31-18-32(25)26(30)33)20-10-11-21(15-29)24(28)14-20/h6-8,10-11,13-14,16,18,23H,4-5,9,12,17H2,1-3H3,(H2,30,33). The van der Waals surface area contributed by atoms with E-state index in [9.17, 15) is 9.18 Å². The van der Waals surface area contributed by atoms with Gasteiger partial charge in [0.2, 0.25) is 0 Å². The van der Waals surface area contributed by atoms with Crippen molar-refractivity contribution >= 4 is 6.03 Å². The maximum Gasteiger partial charge on any atom is 0.324 e. The van der Waals surface area contributed by atoms with Crippen LogP contribution in [0.5, 0.6) is 5.75 Å². The molecule has 0 saturated carbocycles. The third kappa shape index (κ3) is 7.39. The van der Waals surface area contributed by atoms with Crippen LogP contribution in [0.1, 0.15) is 68.3 Å². The monoisotopic (exact) mass is 478 g/mol. The molecule has 0 aliphatic heterocycles. The van der Waals surface area contributed by atoms with Gasteiger partial charge in [-0.25, -0.2) is 14.2 Å². The molecule has 184 valence electrons. The Morgan fingerprint density at radius 3 is 2.71 bits per heavy atom. The van der Waals surface area contributed by atoms with E-state index in [0.717, 1.165) is 24.2 Å². The number of nitrogens with two attached hydrogens (primary N) is 1. The van der Waals surface area contributed by atoms with Crippen molar-refractivity contribution in [1.29, 1.82) is 5.26 Å². The normalized spacial score (nSPS) is 12.2. The van der Waals surface area contributed by atoms with Crippen LogP contribution in [0.3, 0.4) is 0 Å². The number of carbonyl (C=O) groups is 1. The molecule has 3 aromatic rings. The molecule has 1 unspecified atom stereocenters. The Kier molecular flexibility index (Phi) is 8.61. The van der Waals surface area contributed by atoms with Crippen LogP contribution in [-0.2, 0) is 11.3 Å². The smallest absolute Gasteiger partial charge is 0.324 e. The minimum atomic E-state index is -0.655. The fourth-order valence-corrected chi connectivity index (χ4v) is 3.87. The van der Waals surface area contributed by atoms with Gasteiger partial charge in [-0.2, -0.15) is 5.26 Å². The van der Waals surface area contributed by atoms with Gasteiger partial charge in [0.15, 0.2) is 0 Å². The van der Waals surface area contributed by atoms with Crippen LogP contribution in [0.2, 0.25) is 0 Å². The largest absolute Gasteiger partial charge is 0.488 e. The summed E-state index contributed by atoms with van der Waals surface area (Å²) in [6.07, 6.45) is 5.09. The topological polar surface area (TPSA) is 103 Å². The van der Waals surface area contributed by atoms with Gasteiger partial charge in [-0.1, -0.05) is 24.6 Å². The Hall–Kier alpha value is -3.70. The van der Waals surface area contributed by atoms with Gasteiger partial charge in [-0.3, -0.25) is 4.57 Å². The lowest BCUT2D eigenvalue weighted by Gasteiger charge is -2.21. The second-order valence-corrected chi connectivity index (χ2v) is 9.34. The molecule has 3 rings (SSSR count). The number of ether oxygens (including phenoxy) is 2. The lowest BCUT2D eigenvalue weighted by Crippen LogP contribution is -2.22. The Balaban J connectivity index is 1.59. The molecular formula is C27H31FN4O3. The highest BCUT2D eigenvalue weighted by Crippen LogP contribution is 2.31. The molecule has 1 amide bonds. The summed E-state index contributed by atoms with van der Waals surface area (Å²) in [4.78, 5) is 15.9. The van der Waals surface area contributed by atoms with E-state index in [2.05, 4.69) is 4.98 Å². The van der Waals surface area contributed by atoms with Crippen LogP contribution in [0.15, 0.2) is 55.0 Å². The molecule has 0 fully saturated rings. The number of rotatable bonds is 10. The van der Waals surface area contributed by atoms with Crippen molar-refractivity contribution in [2.75, 3.05) is 6.61 Å². The fourth-order valence-electron chi connectivity index (χ4n) is 3.87. The zero-order valence-corrected chi connectivity index (χ0v) is 20.3. The van der Waals surface area contributed by atoms with Crippen LogP contribution in [0, 0.1) is 17.1 Å². The van der Waals surface area contributed by atoms with E-state index >= 15 is 0 Å². The van der Waals surface area contributed by atoms with Crippen LogP contribution in [0.25, 0.3) is 0 Å². The summed E-state index contributed by atoms with van der Waals surface area (Å²) in [6, 6.07) is 13.5. The van der Waals surface area contributed by atoms with Crippen molar-refractivity contribution in [1.82, 2.24) is 9.55 Å². The summed E-state index contributed by atoms with van der Waals surface area (Å²) in [7, 11) is 0. The first-order chi connectivity index (χ1) is 16.7. The number of imidazole rings is 1. The first-order valence-electron chi connectivity index (χ1n) is 11.6. The average molecular weight is 479 g/mol. The van der Waals surface area contributed by atoms with Gasteiger partial charge in [0.1, 0.15) is 29.6 Å². The van der Waals surface area contributed by atoms with Gasteiger partial charge in [0.05, 0.1) is 17.9 Å². The third-order valence-electron chi connectivity index (χ3n) is 5.40. The predicted octanol–water partition coefficient (Wildman–Crippen LogP) is 5.52. The van der Waals surface area contributed by atoms with E-state index in [1.807, 2.05) is 51.1 Å². The van der Waals surface area contributed by atoms with Crippen LogP contribution in [-0.4, -0.2) is 27.8 Å². The maximum atomic E-state index is 14.3. The van der Waals surface area contributed by atoms with Crippen molar-refractivity contribution in [2.45, 2.75) is 58.2 Å². The number of amides is 1. The van der Waals surface area contributed by atoms with Gasteiger partial charge in [-0.15, -0.1) is 0 Å². The number of halogens is 1. The molecule has 0 bridgehead atoms. The van der Waals surface area contributed by atoms with E-state index in [-0.39, 0.29) is 17.1 Å². The summed E-state index contributed by atoms with van der Waals surface area (Å²) in [5.41, 5.74) is 7.46. The van der Waals surface area contributed by atoms with E-state index in [0.29, 0.717) is 30.9 Å². The number of benzene rings is 2. The Morgan fingerprint density at radius 2 is 2.03 bits per heavy atom. The molecule has 1 heterocycles. The number of carbonyl (C=O) groups excluding carboxylic acids is 1. The summed E-state index contributed by atoms with van der Waals surface area (Å²) in [5, 5.41) is 9.03. The van der Waals surface area contributed by atoms with Gasteiger partial charge in [0, 0.05) is 18.7 Å². The first-order valence-corrected chi connectivity index (χ1v) is 11.6. The molecule has 2 aromatic carbocycles. The molecule has 0 spiro atoms. The highest BCUT2D eigenvalue weighted by Gasteiger charge is 2.21. The number of aromatic nitrogens is 2. The van der Waals surface area contributed by atoms with Crippen LogP contribution in [0.4, 0.5) is 9.18 Å². The highest BCUT2D eigenvalue weighted by molar-refractivity contribution is 5.75. The molecule has 7 nitrogen and oxygen atoms in total. The van der Waals surface area contributed by atoms with Crippen LogP contribution < -0.4 is 10.5 Å². The molecule has 8 heteroatoms. The number of nitriles is 1. The molecule has 0 aliphatic carbocycles. The zero-order chi connectivity index (χ0) is 25.4. The summed E-state index contributed by atoms with van der Waals surface area (Å²) in [5.74, 6) is -0.0956. The first kappa shape index (κ1) is 25.9. The molecule has 1 aromatic heterocycles. The van der Waals surface area contributed by atoms with E-state index in [1.54, 1.807) is 12.3 Å². The van der Waals surface area contributed by atoms with Gasteiger partial charge in [-0.05, 0) is 69.0 Å². The van der Waals surface area contributed by atoms with Crippen LogP contribution >= 0.6 is 0 Å². The predicted molar refractivity (Wildman–Crippen MR) is 130 cm³/mol. The third-order valence-corrected chi connectivity index (χ3v) is 5.40. The van der Waals surface area contributed by atoms with Gasteiger partial charge >= 0.3 is 6.03 Å². The summed E-state index contributed by atoms with van der Waals surface area (Å²) < 4.78 is 27.3. The lowest BCUT2D eigenvalue weighted by molar-refractivity contribution is 0.114. The van der Waals surface area contributed by atoms with Gasteiger partial charge < -0.3 is 15.2 Å². The second kappa shape index (κ2) is 11.6. The number of hydrogen-bond acceptors (Lipinski definition) is 5. The molecule has 0 saturated heterocycles. The van der Waals surface area contributed by atoms with Crippen molar-refractivity contribution < 1.29 is 18.7 Å². The van der Waals surface area contributed by atoms with E-state index in [1.165, 1.54) is 23.0 Å². The highest BCUT2D eigenvalue weighted by atomic mass is 19.1. The Bertz CT molecular complexity index is 1190. The number of unbranched alkanes of at least 4 members (excludes halogenated alkanes) is 1. The quantitative estimate of drug-likeness (QED) is 0.387. The minimum absolute atomic E-state index is 0.0266. The SMILES string of the molecule is CC(C)(C)Oc1cccc(COCCCCC(c2ccc(C#N)c(F)c2)c2cncn2C(N)=O)c1. The minimum Gasteiger partial charge on any atom is -0.488 e. The second-order valence-electron chi connectivity index (χ2n) is 9.34. The van der Waals surface area contributed by atoms with Crippen molar-refractivity contribution in [3.63, 3.8) is 0 Å². The molecule has 2 N–H and O–H groups in total. The maximum absolute atomic E-state index is 14.3. The van der Waals surface area contributed by atoms with Crippen molar-refractivity contribution in [3.05, 3.63) is 83.2 Å². The number of hydrogen-bond donors (Lipinski definition) is 1. The molecule has 35 heavy (non-hydrogen) atoms. The molecule has 0 radical (unpaired) electrons. The molecule has 0 aliphatic rings. The summed E-state index contributed by atoms with van der Waals surface area (Å²) in [6.45, 7) is 7.04. The Labute approximate surface area is 205 Å². The number of primary amides is 1. The van der Waals surface area contributed by atoms with Gasteiger partial charge in [0.25, 0.3) is 0 Å². The van der Waals surface area contributed by atoms with E-state index in [4.69, 9.17) is 20.5 Å². The fraction of sp³-hybridized carbons (Fsp3) is 0.370. The van der Waals surface area contributed by atoms with Crippen molar-refractivity contribution in [2.24, 2.45) is 5.73 Å². The zero-order valence-electron chi connectivity index (χ0n) is 20.3. The average Bonchev–Trinajstić information content (AvgIpc) is 3.27. The molecular weight excluding hydrogens is 447 g/mol. The van der Waals surface area contributed by atoms with Crippen molar-refractivity contribution in [3.8, 4) is 11.8 Å². The molecule has 1 atom stereocenters. The summed E-state index contributed by atoms with van der Waals surface area (Å²) >= 11 is 0. The van der Waals surface area contributed by atoms with E-state index < -0.39 is 11.8 Å². The number of nitrogens with zero attached hydrogens (tertiary/aromatic N) is 3.